The van der Waals surface area contributed by atoms with E-state index < -0.39 is 15.7 Å². The number of sulfone groups is 1. The highest BCUT2D eigenvalue weighted by molar-refractivity contribution is 7.90. The van der Waals surface area contributed by atoms with Crippen LogP contribution >= 0.6 is 0 Å². The smallest absolute Gasteiger partial charge is 0.165 e. The monoisotopic (exact) mass is 247 g/mol. The summed E-state index contributed by atoms with van der Waals surface area (Å²) in [6.45, 7) is 0.193. The molecule has 16 heavy (non-hydrogen) atoms. The Morgan fingerprint density at radius 3 is 2.62 bits per heavy atom. The lowest BCUT2D eigenvalue weighted by atomic mass is 10.2. The van der Waals surface area contributed by atoms with E-state index in [1.54, 1.807) is 6.07 Å². The third kappa shape index (κ3) is 4.16. The van der Waals surface area contributed by atoms with E-state index in [2.05, 4.69) is 0 Å². The van der Waals surface area contributed by atoms with Gasteiger partial charge in [0.05, 0.1) is 5.75 Å². The largest absolute Gasteiger partial charge is 0.489 e. The number of hydrogen-bond donors (Lipinski definition) is 1. The molecule has 0 aliphatic rings. The molecule has 1 rings (SSSR count). The van der Waals surface area contributed by atoms with Gasteiger partial charge in [-0.1, -0.05) is 6.07 Å². The van der Waals surface area contributed by atoms with Crippen molar-refractivity contribution in [2.45, 2.75) is 6.54 Å². The first-order valence-electron chi connectivity index (χ1n) is 4.71. The molecule has 0 radical (unpaired) electrons. The van der Waals surface area contributed by atoms with Gasteiger partial charge in [-0.15, -0.1) is 0 Å². The summed E-state index contributed by atoms with van der Waals surface area (Å²) in [5, 5.41) is 0. The average molecular weight is 247 g/mol. The van der Waals surface area contributed by atoms with Crippen molar-refractivity contribution >= 4 is 9.84 Å². The Balaban J connectivity index is 2.61. The lowest BCUT2D eigenvalue weighted by Crippen LogP contribution is -2.12. The quantitative estimate of drug-likeness (QED) is 0.832. The Bertz CT molecular complexity index is 459. The van der Waals surface area contributed by atoms with Crippen molar-refractivity contribution in [1.29, 1.82) is 0 Å². The van der Waals surface area contributed by atoms with E-state index in [1.807, 2.05) is 0 Å². The summed E-state index contributed by atoms with van der Waals surface area (Å²) in [6, 6.07) is 4.36. The highest BCUT2D eigenvalue weighted by Gasteiger charge is 2.06. The lowest BCUT2D eigenvalue weighted by molar-refractivity contribution is 0.322. The summed E-state index contributed by atoms with van der Waals surface area (Å²) in [4.78, 5) is 0. The molecule has 0 aromatic heterocycles. The van der Waals surface area contributed by atoms with Crippen molar-refractivity contribution in [2.24, 2.45) is 5.73 Å². The highest BCUT2D eigenvalue weighted by Crippen LogP contribution is 2.18. The number of halogens is 1. The molecule has 0 spiro atoms. The molecule has 0 saturated carbocycles. The Hall–Kier alpha value is -1.14. The average Bonchev–Trinajstić information content (AvgIpc) is 2.18. The van der Waals surface area contributed by atoms with E-state index in [4.69, 9.17) is 10.5 Å². The molecule has 0 heterocycles. The standard InChI is InChI=1S/C10H14FNO3S/c1-16(13,14)5-4-15-10-3-2-8(7-12)6-9(10)11/h2-3,6H,4-5,7,12H2,1H3. The summed E-state index contributed by atoms with van der Waals surface area (Å²) in [5.74, 6) is -0.622. The van der Waals surface area contributed by atoms with Crippen LogP contribution in [-0.4, -0.2) is 27.0 Å². The van der Waals surface area contributed by atoms with Crippen LogP contribution in [0.2, 0.25) is 0 Å². The molecule has 0 fully saturated rings. The van der Waals surface area contributed by atoms with Crippen LogP contribution in [0.25, 0.3) is 0 Å². The van der Waals surface area contributed by atoms with Crippen molar-refractivity contribution < 1.29 is 17.5 Å². The van der Waals surface area contributed by atoms with Gasteiger partial charge in [0, 0.05) is 12.8 Å². The van der Waals surface area contributed by atoms with E-state index in [0.717, 1.165) is 6.26 Å². The fourth-order valence-corrected chi connectivity index (χ4v) is 1.48. The fraction of sp³-hybridized carbons (Fsp3) is 0.400. The van der Waals surface area contributed by atoms with Crippen molar-refractivity contribution in [2.75, 3.05) is 18.6 Å². The summed E-state index contributed by atoms with van der Waals surface area (Å²) in [6.07, 6.45) is 1.10. The van der Waals surface area contributed by atoms with E-state index >= 15 is 0 Å². The lowest BCUT2D eigenvalue weighted by Gasteiger charge is -2.07. The number of rotatable bonds is 5. The van der Waals surface area contributed by atoms with Crippen LogP contribution in [-0.2, 0) is 16.4 Å². The zero-order valence-corrected chi connectivity index (χ0v) is 9.76. The predicted octanol–water partition coefficient (Wildman–Crippen LogP) is 0.708. The van der Waals surface area contributed by atoms with Gasteiger partial charge in [0.25, 0.3) is 0 Å². The van der Waals surface area contributed by atoms with Gasteiger partial charge in [0.15, 0.2) is 21.4 Å². The maximum Gasteiger partial charge on any atom is 0.165 e. The van der Waals surface area contributed by atoms with Gasteiger partial charge in [0.1, 0.15) is 6.61 Å². The minimum atomic E-state index is -3.09. The summed E-state index contributed by atoms with van der Waals surface area (Å²) < 4.78 is 40.0. The second-order valence-corrected chi connectivity index (χ2v) is 5.71. The molecule has 0 aliphatic heterocycles. The van der Waals surface area contributed by atoms with Gasteiger partial charge in [-0.3, -0.25) is 0 Å². The van der Waals surface area contributed by atoms with Crippen LogP contribution in [0.1, 0.15) is 5.56 Å². The van der Waals surface area contributed by atoms with E-state index in [-0.39, 0.29) is 24.7 Å². The van der Waals surface area contributed by atoms with E-state index in [9.17, 15) is 12.8 Å². The molecule has 90 valence electrons. The minimum absolute atomic E-state index is 0.0425. The molecule has 1 aromatic carbocycles. The molecule has 1 aromatic rings. The maximum atomic E-state index is 13.3. The Kier molecular flexibility index (Phi) is 4.26. The third-order valence-electron chi connectivity index (χ3n) is 1.94. The first kappa shape index (κ1) is 12.9. The topological polar surface area (TPSA) is 69.4 Å². The zero-order valence-electron chi connectivity index (χ0n) is 8.94. The molecule has 6 heteroatoms. The van der Waals surface area contributed by atoms with Crippen LogP contribution in [0.3, 0.4) is 0 Å². The summed E-state index contributed by atoms with van der Waals surface area (Å²) >= 11 is 0. The fourth-order valence-electron chi connectivity index (χ4n) is 1.09. The van der Waals surface area contributed by atoms with Crippen molar-refractivity contribution in [3.63, 3.8) is 0 Å². The number of ether oxygens (including phenoxy) is 1. The number of benzene rings is 1. The van der Waals surface area contributed by atoms with Gasteiger partial charge < -0.3 is 10.5 Å². The Morgan fingerprint density at radius 2 is 2.12 bits per heavy atom. The van der Waals surface area contributed by atoms with Crippen LogP contribution < -0.4 is 10.5 Å². The normalized spacial score (nSPS) is 11.4. The third-order valence-corrected chi connectivity index (χ3v) is 2.85. The zero-order chi connectivity index (χ0) is 12.2. The Morgan fingerprint density at radius 1 is 1.44 bits per heavy atom. The molecule has 0 atom stereocenters. The highest BCUT2D eigenvalue weighted by atomic mass is 32.2. The first-order chi connectivity index (χ1) is 7.42. The molecule has 2 N–H and O–H groups in total. The summed E-state index contributed by atoms with van der Waals surface area (Å²) in [7, 11) is -3.09. The molecular formula is C10H14FNO3S. The first-order valence-corrected chi connectivity index (χ1v) is 6.77. The second kappa shape index (κ2) is 5.27. The van der Waals surface area contributed by atoms with Crippen LogP contribution in [0.4, 0.5) is 4.39 Å². The van der Waals surface area contributed by atoms with Gasteiger partial charge in [0.2, 0.25) is 0 Å². The van der Waals surface area contributed by atoms with Gasteiger partial charge in [-0.2, -0.15) is 0 Å². The van der Waals surface area contributed by atoms with Crippen LogP contribution in [0.5, 0.6) is 5.75 Å². The summed E-state index contributed by atoms with van der Waals surface area (Å²) in [5.41, 5.74) is 6.00. The maximum absolute atomic E-state index is 13.3. The molecule has 0 saturated heterocycles. The SMILES string of the molecule is CS(=O)(=O)CCOc1ccc(CN)cc1F. The molecule has 4 nitrogen and oxygen atoms in total. The molecule has 0 aliphatic carbocycles. The van der Waals surface area contributed by atoms with E-state index in [0.29, 0.717) is 5.56 Å². The number of hydrogen-bond acceptors (Lipinski definition) is 4. The van der Waals surface area contributed by atoms with Gasteiger partial charge in [-0.05, 0) is 17.7 Å². The minimum Gasteiger partial charge on any atom is -0.489 e. The number of nitrogens with two attached hydrogens (primary N) is 1. The molecular weight excluding hydrogens is 233 g/mol. The van der Waals surface area contributed by atoms with Gasteiger partial charge in [-0.25, -0.2) is 12.8 Å². The van der Waals surface area contributed by atoms with Gasteiger partial charge >= 0.3 is 0 Å². The van der Waals surface area contributed by atoms with Crippen LogP contribution in [0.15, 0.2) is 18.2 Å². The second-order valence-electron chi connectivity index (χ2n) is 3.45. The Labute approximate surface area is 94.1 Å². The molecule has 0 bridgehead atoms. The van der Waals surface area contributed by atoms with Crippen molar-refractivity contribution in [3.05, 3.63) is 29.6 Å². The van der Waals surface area contributed by atoms with Crippen LogP contribution in [0, 0.1) is 5.82 Å². The predicted molar refractivity (Wildman–Crippen MR) is 59.5 cm³/mol. The molecule has 0 unspecified atom stereocenters. The van der Waals surface area contributed by atoms with E-state index in [1.165, 1.54) is 12.1 Å². The molecule has 0 amide bonds. The van der Waals surface area contributed by atoms with Crippen molar-refractivity contribution in [3.8, 4) is 5.75 Å². The van der Waals surface area contributed by atoms with Crippen molar-refractivity contribution in [1.82, 2.24) is 0 Å².